The second-order valence-electron chi connectivity index (χ2n) is 5.47. The Balaban J connectivity index is 1.97. The van der Waals surface area contributed by atoms with Gasteiger partial charge in [0.2, 0.25) is 5.56 Å². The molecule has 19 heavy (non-hydrogen) atoms. The first kappa shape index (κ1) is 13.8. The number of carbonyl (C=O) groups excluding carboxylic acids is 1. The minimum atomic E-state index is -0.269. The zero-order valence-corrected chi connectivity index (χ0v) is 11.3. The predicted octanol–water partition coefficient (Wildman–Crippen LogP) is 0.777. The monoisotopic (exact) mass is 263 g/mol. The van der Waals surface area contributed by atoms with Gasteiger partial charge in [0.05, 0.1) is 5.56 Å². The molecule has 1 amide bonds. The summed E-state index contributed by atoms with van der Waals surface area (Å²) < 4.78 is 1.40. The lowest BCUT2D eigenvalue weighted by Gasteiger charge is -2.33. The third-order valence-corrected chi connectivity index (χ3v) is 3.80. The maximum Gasteiger partial charge on any atom is 0.252 e. The second-order valence-corrected chi connectivity index (χ2v) is 5.47. The number of hydrogen-bond acceptors (Lipinski definition) is 3. The number of aromatic nitrogens is 1. The summed E-state index contributed by atoms with van der Waals surface area (Å²) in [5.41, 5.74) is 6.36. The number of pyridine rings is 1. The van der Waals surface area contributed by atoms with Crippen LogP contribution in [0.15, 0.2) is 23.1 Å². The molecule has 0 unspecified atom stereocenters. The van der Waals surface area contributed by atoms with Crippen molar-refractivity contribution in [3.05, 3.63) is 34.2 Å². The number of carbonyl (C=O) groups is 1. The van der Waals surface area contributed by atoms with Gasteiger partial charge in [0.1, 0.15) is 0 Å². The van der Waals surface area contributed by atoms with Crippen LogP contribution in [0.2, 0.25) is 0 Å². The molecule has 0 aromatic carbocycles. The van der Waals surface area contributed by atoms with Crippen LogP contribution < -0.4 is 16.6 Å². The highest BCUT2D eigenvalue weighted by Crippen LogP contribution is 2.25. The molecule has 1 saturated carbocycles. The Bertz CT molecular complexity index is 516. The van der Waals surface area contributed by atoms with Crippen LogP contribution in [0.25, 0.3) is 0 Å². The van der Waals surface area contributed by atoms with Crippen LogP contribution >= 0.6 is 0 Å². The fraction of sp³-hybridized carbons (Fsp3) is 0.571. The van der Waals surface area contributed by atoms with Gasteiger partial charge in [-0.05, 0) is 18.9 Å². The molecule has 3 N–H and O–H groups in total. The first-order valence-electron chi connectivity index (χ1n) is 6.74. The van der Waals surface area contributed by atoms with Gasteiger partial charge >= 0.3 is 0 Å². The number of aryl methyl sites for hydroxylation is 1. The van der Waals surface area contributed by atoms with Gasteiger partial charge in [0.15, 0.2) is 0 Å². The number of amides is 1. The molecule has 1 aliphatic carbocycles. The zero-order chi connectivity index (χ0) is 13.9. The van der Waals surface area contributed by atoms with Gasteiger partial charge in [-0.2, -0.15) is 0 Å². The van der Waals surface area contributed by atoms with Crippen molar-refractivity contribution in [2.75, 3.05) is 6.54 Å². The number of hydrogen-bond donors (Lipinski definition) is 2. The van der Waals surface area contributed by atoms with Gasteiger partial charge < -0.3 is 15.6 Å². The van der Waals surface area contributed by atoms with Crippen LogP contribution in [0.3, 0.4) is 0 Å². The van der Waals surface area contributed by atoms with Gasteiger partial charge in [-0.25, -0.2) is 0 Å². The van der Waals surface area contributed by atoms with E-state index in [1.54, 1.807) is 19.3 Å². The average Bonchev–Trinajstić information content (AvgIpc) is 2.40. The Hall–Kier alpha value is -1.62. The van der Waals surface area contributed by atoms with Gasteiger partial charge in [-0.3, -0.25) is 9.59 Å². The van der Waals surface area contributed by atoms with Crippen molar-refractivity contribution < 1.29 is 4.79 Å². The minimum Gasteiger partial charge on any atom is -0.350 e. The maximum atomic E-state index is 12.0. The van der Waals surface area contributed by atoms with E-state index in [4.69, 9.17) is 5.73 Å². The van der Waals surface area contributed by atoms with E-state index >= 15 is 0 Å². The van der Waals surface area contributed by atoms with Crippen molar-refractivity contribution in [2.24, 2.45) is 12.8 Å². The molecule has 5 heteroatoms. The molecule has 1 aliphatic rings. The van der Waals surface area contributed by atoms with E-state index < -0.39 is 0 Å². The quantitative estimate of drug-likeness (QED) is 0.846. The van der Waals surface area contributed by atoms with E-state index in [0.717, 1.165) is 25.7 Å². The number of nitrogens with zero attached hydrogens (tertiary/aromatic N) is 1. The van der Waals surface area contributed by atoms with Crippen LogP contribution in [-0.4, -0.2) is 22.6 Å². The van der Waals surface area contributed by atoms with Crippen molar-refractivity contribution in [3.63, 3.8) is 0 Å². The molecule has 0 aliphatic heterocycles. The molecule has 1 aromatic heterocycles. The van der Waals surface area contributed by atoms with Gasteiger partial charge in [0.25, 0.3) is 5.91 Å². The van der Waals surface area contributed by atoms with Crippen LogP contribution in [0.4, 0.5) is 0 Å². The highest BCUT2D eigenvalue weighted by Gasteiger charge is 2.27. The summed E-state index contributed by atoms with van der Waals surface area (Å²) >= 11 is 0. The van der Waals surface area contributed by atoms with Crippen LogP contribution in [0.5, 0.6) is 0 Å². The van der Waals surface area contributed by atoms with E-state index in [0.29, 0.717) is 12.1 Å². The average molecular weight is 263 g/mol. The summed E-state index contributed by atoms with van der Waals surface area (Å²) in [5, 5.41) is 2.88. The summed E-state index contributed by atoms with van der Waals surface area (Å²) in [7, 11) is 1.63. The first-order valence-corrected chi connectivity index (χ1v) is 6.74. The standard InChI is InChI=1S/C14H21N3O2/c1-17-9-11(5-6-12(17)18)13(19)16-10-14(15)7-3-2-4-8-14/h5-6,9H,2-4,7-8,10,15H2,1H3,(H,16,19). The molecular weight excluding hydrogens is 242 g/mol. The highest BCUT2D eigenvalue weighted by molar-refractivity contribution is 5.93. The Morgan fingerprint density at radius 1 is 1.37 bits per heavy atom. The molecule has 1 aromatic rings. The van der Waals surface area contributed by atoms with Crippen LogP contribution in [0, 0.1) is 0 Å². The number of nitrogens with one attached hydrogen (secondary N) is 1. The molecule has 5 nitrogen and oxygen atoms in total. The highest BCUT2D eigenvalue weighted by atomic mass is 16.2. The fourth-order valence-corrected chi connectivity index (χ4v) is 2.52. The lowest BCUT2D eigenvalue weighted by Crippen LogP contribution is -2.51. The zero-order valence-electron chi connectivity index (χ0n) is 11.3. The summed E-state index contributed by atoms with van der Waals surface area (Å²) in [6.07, 6.45) is 6.95. The van der Waals surface area contributed by atoms with Gasteiger partial charge in [-0.1, -0.05) is 19.3 Å². The van der Waals surface area contributed by atoms with E-state index in [1.165, 1.54) is 17.1 Å². The minimum absolute atomic E-state index is 0.126. The van der Waals surface area contributed by atoms with Crippen molar-refractivity contribution in [1.82, 2.24) is 9.88 Å². The summed E-state index contributed by atoms with van der Waals surface area (Å²) in [6.45, 7) is 0.495. The summed E-state index contributed by atoms with van der Waals surface area (Å²) in [4.78, 5) is 23.3. The molecule has 0 radical (unpaired) electrons. The predicted molar refractivity (Wildman–Crippen MR) is 74.0 cm³/mol. The molecule has 0 bridgehead atoms. The van der Waals surface area contributed by atoms with Crippen molar-refractivity contribution in [1.29, 1.82) is 0 Å². The molecule has 1 heterocycles. The lowest BCUT2D eigenvalue weighted by molar-refractivity contribution is 0.0937. The van der Waals surface area contributed by atoms with E-state index in [9.17, 15) is 9.59 Å². The smallest absolute Gasteiger partial charge is 0.252 e. The third kappa shape index (κ3) is 3.44. The van der Waals surface area contributed by atoms with Gasteiger partial charge in [0, 0.05) is 31.4 Å². The van der Waals surface area contributed by atoms with Crippen LogP contribution in [-0.2, 0) is 7.05 Å². The number of rotatable bonds is 3. The Labute approximate surface area is 112 Å². The van der Waals surface area contributed by atoms with E-state index in [-0.39, 0.29) is 17.0 Å². The molecule has 0 spiro atoms. The molecule has 0 atom stereocenters. The van der Waals surface area contributed by atoms with Crippen LogP contribution in [0.1, 0.15) is 42.5 Å². The normalized spacial score (nSPS) is 18.0. The molecule has 0 saturated heterocycles. The Morgan fingerprint density at radius 2 is 2.05 bits per heavy atom. The Morgan fingerprint density at radius 3 is 2.68 bits per heavy atom. The van der Waals surface area contributed by atoms with Crippen molar-refractivity contribution >= 4 is 5.91 Å². The fourth-order valence-electron chi connectivity index (χ4n) is 2.52. The molecular formula is C14H21N3O2. The molecule has 2 rings (SSSR count). The SMILES string of the molecule is Cn1cc(C(=O)NCC2(N)CCCCC2)ccc1=O. The summed E-state index contributed by atoms with van der Waals surface area (Å²) in [5.74, 6) is -0.175. The van der Waals surface area contributed by atoms with Gasteiger partial charge in [-0.15, -0.1) is 0 Å². The lowest BCUT2D eigenvalue weighted by atomic mass is 9.82. The Kier molecular flexibility index (Phi) is 4.04. The summed E-state index contributed by atoms with van der Waals surface area (Å²) in [6, 6.07) is 2.94. The van der Waals surface area contributed by atoms with Crippen molar-refractivity contribution in [3.8, 4) is 0 Å². The molecule has 104 valence electrons. The second kappa shape index (κ2) is 5.57. The number of nitrogens with two attached hydrogens (primary N) is 1. The largest absolute Gasteiger partial charge is 0.350 e. The third-order valence-electron chi connectivity index (χ3n) is 3.80. The topological polar surface area (TPSA) is 77.1 Å². The molecule has 1 fully saturated rings. The first-order chi connectivity index (χ1) is 9.00. The maximum absolute atomic E-state index is 12.0. The van der Waals surface area contributed by atoms with E-state index in [1.807, 2.05) is 0 Å². The van der Waals surface area contributed by atoms with Crippen molar-refractivity contribution in [2.45, 2.75) is 37.6 Å². The van der Waals surface area contributed by atoms with E-state index in [2.05, 4.69) is 5.32 Å².